The van der Waals surface area contributed by atoms with Gasteiger partial charge in [-0.1, -0.05) is 41.9 Å². The minimum Gasteiger partial charge on any atom is -0.467 e. The van der Waals surface area contributed by atoms with Gasteiger partial charge in [-0.15, -0.1) is 0 Å². The summed E-state index contributed by atoms with van der Waals surface area (Å²) in [7, 11) is -2.93. The summed E-state index contributed by atoms with van der Waals surface area (Å²) in [6, 6.07) is 14.4. The van der Waals surface area contributed by atoms with Crippen LogP contribution in [-0.4, -0.2) is 27.6 Å². The van der Waals surface area contributed by atoms with E-state index in [9.17, 15) is 13.2 Å². The van der Waals surface area contributed by atoms with E-state index in [4.69, 9.17) is 15.8 Å². The van der Waals surface area contributed by atoms with Crippen LogP contribution in [0.2, 0.25) is 5.02 Å². The van der Waals surface area contributed by atoms with Gasteiger partial charge in [0.1, 0.15) is 0 Å². The normalized spacial score (nSPS) is 12.6. The SMILES string of the molecule is COC(=O)C(Cc1ccccc1)OS(=O)(=O)c1ccc(Cl)cc1. The largest absolute Gasteiger partial charge is 0.467 e. The Hall–Kier alpha value is -1.89. The molecule has 0 aliphatic heterocycles. The van der Waals surface area contributed by atoms with Crippen molar-refractivity contribution in [3.05, 3.63) is 65.2 Å². The van der Waals surface area contributed by atoms with Crippen molar-refractivity contribution in [2.75, 3.05) is 7.11 Å². The van der Waals surface area contributed by atoms with Crippen molar-refractivity contribution in [1.82, 2.24) is 0 Å². The number of halogens is 1. The van der Waals surface area contributed by atoms with Crippen molar-refractivity contribution in [3.8, 4) is 0 Å². The highest BCUT2D eigenvalue weighted by molar-refractivity contribution is 7.86. The predicted molar refractivity (Wildman–Crippen MR) is 85.7 cm³/mol. The highest BCUT2D eigenvalue weighted by atomic mass is 35.5. The summed E-state index contributed by atoms with van der Waals surface area (Å²) in [4.78, 5) is 11.8. The first-order valence-corrected chi connectivity index (χ1v) is 8.51. The molecule has 0 spiro atoms. The molecule has 2 aromatic rings. The van der Waals surface area contributed by atoms with E-state index in [0.29, 0.717) is 5.02 Å². The molecule has 0 heterocycles. The summed E-state index contributed by atoms with van der Waals surface area (Å²) in [5.74, 6) is -0.758. The minimum atomic E-state index is -4.11. The lowest BCUT2D eigenvalue weighted by atomic mass is 10.1. The molecule has 0 aliphatic carbocycles. The van der Waals surface area contributed by atoms with Crippen molar-refractivity contribution in [2.45, 2.75) is 17.4 Å². The van der Waals surface area contributed by atoms with Gasteiger partial charge >= 0.3 is 5.97 Å². The van der Waals surface area contributed by atoms with Crippen molar-refractivity contribution in [3.63, 3.8) is 0 Å². The monoisotopic (exact) mass is 354 g/mol. The summed E-state index contributed by atoms with van der Waals surface area (Å²) in [6.45, 7) is 0. The molecule has 0 bridgehead atoms. The van der Waals surface area contributed by atoms with Gasteiger partial charge in [-0.2, -0.15) is 8.42 Å². The highest BCUT2D eigenvalue weighted by Crippen LogP contribution is 2.19. The van der Waals surface area contributed by atoms with Crippen LogP contribution in [0.1, 0.15) is 5.56 Å². The standard InChI is InChI=1S/C16H15ClO5S/c1-21-16(18)15(11-12-5-3-2-4-6-12)22-23(19,20)14-9-7-13(17)8-10-14/h2-10,15H,11H2,1H3. The zero-order chi connectivity index (χ0) is 16.9. The van der Waals surface area contributed by atoms with E-state index in [0.717, 1.165) is 5.56 Å². The number of benzene rings is 2. The maximum absolute atomic E-state index is 12.3. The van der Waals surface area contributed by atoms with E-state index in [-0.39, 0.29) is 11.3 Å². The summed E-state index contributed by atoms with van der Waals surface area (Å²) < 4.78 is 34.3. The lowest BCUT2D eigenvalue weighted by molar-refractivity contribution is -0.148. The zero-order valence-corrected chi connectivity index (χ0v) is 13.9. The van der Waals surface area contributed by atoms with Gasteiger partial charge in [0.2, 0.25) is 0 Å². The Morgan fingerprint density at radius 1 is 1.09 bits per heavy atom. The highest BCUT2D eigenvalue weighted by Gasteiger charge is 2.28. The van der Waals surface area contributed by atoms with Crippen LogP contribution in [0.4, 0.5) is 0 Å². The fourth-order valence-electron chi connectivity index (χ4n) is 1.93. The van der Waals surface area contributed by atoms with Crippen molar-refractivity contribution >= 4 is 27.7 Å². The average Bonchev–Trinajstić information content (AvgIpc) is 2.54. The Morgan fingerprint density at radius 2 is 1.70 bits per heavy atom. The molecule has 2 rings (SSSR count). The molecule has 0 saturated heterocycles. The molecule has 5 nitrogen and oxygen atoms in total. The van der Waals surface area contributed by atoms with E-state index in [2.05, 4.69) is 4.74 Å². The number of hydrogen-bond donors (Lipinski definition) is 0. The van der Waals surface area contributed by atoms with E-state index in [1.807, 2.05) is 6.07 Å². The molecule has 0 N–H and O–H groups in total. The van der Waals surface area contributed by atoms with Gasteiger partial charge < -0.3 is 4.74 Å². The van der Waals surface area contributed by atoms with Crippen LogP contribution in [0.15, 0.2) is 59.5 Å². The number of esters is 1. The van der Waals surface area contributed by atoms with Gasteiger partial charge in [-0.05, 0) is 29.8 Å². The fourth-order valence-corrected chi connectivity index (χ4v) is 3.08. The number of carbonyl (C=O) groups is 1. The first-order chi connectivity index (χ1) is 10.9. The summed E-state index contributed by atoms with van der Waals surface area (Å²) >= 11 is 5.74. The third-order valence-electron chi connectivity index (χ3n) is 3.07. The van der Waals surface area contributed by atoms with Crippen molar-refractivity contribution < 1.29 is 22.1 Å². The molecule has 1 unspecified atom stereocenters. The first kappa shape index (κ1) is 17.5. The first-order valence-electron chi connectivity index (χ1n) is 6.73. The van der Waals surface area contributed by atoms with Crippen LogP contribution < -0.4 is 0 Å². The van der Waals surface area contributed by atoms with Crippen LogP contribution in [0.5, 0.6) is 0 Å². The second-order valence-corrected chi connectivity index (χ2v) is 6.71. The molecule has 0 aromatic heterocycles. The maximum atomic E-state index is 12.3. The molecule has 0 radical (unpaired) electrons. The fraction of sp³-hybridized carbons (Fsp3) is 0.188. The van der Waals surface area contributed by atoms with E-state index in [1.165, 1.54) is 31.4 Å². The van der Waals surface area contributed by atoms with Crippen LogP contribution >= 0.6 is 11.6 Å². The Labute approximate surface area is 139 Å². The van der Waals surface area contributed by atoms with Gasteiger partial charge in [0.15, 0.2) is 6.10 Å². The van der Waals surface area contributed by atoms with Crippen LogP contribution in [0.25, 0.3) is 0 Å². The van der Waals surface area contributed by atoms with Crippen LogP contribution in [0, 0.1) is 0 Å². The average molecular weight is 355 g/mol. The summed E-state index contributed by atoms with van der Waals surface area (Å²) in [6.07, 6.45) is -1.18. The number of hydrogen-bond acceptors (Lipinski definition) is 5. The molecule has 7 heteroatoms. The van der Waals surface area contributed by atoms with Gasteiger partial charge in [0.25, 0.3) is 10.1 Å². The Balaban J connectivity index is 2.23. The molecular weight excluding hydrogens is 340 g/mol. The second-order valence-electron chi connectivity index (χ2n) is 4.71. The second kappa shape index (κ2) is 7.59. The van der Waals surface area contributed by atoms with E-state index in [1.54, 1.807) is 24.3 Å². The number of carbonyl (C=O) groups excluding carboxylic acids is 1. The third kappa shape index (κ3) is 4.79. The predicted octanol–water partition coefficient (Wildman–Crippen LogP) is 2.83. The zero-order valence-electron chi connectivity index (χ0n) is 12.3. The number of ether oxygens (including phenoxy) is 1. The molecule has 1 atom stereocenters. The molecule has 122 valence electrons. The van der Waals surface area contributed by atoms with Gasteiger partial charge in [-0.3, -0.25) is 4.18 Å². The van der Waals surface area contributed by atoms with Crippen molar-refractivity contribution in [2.24, 2.45) is 0 Å². The summed E-state index contributed by atoms with van der Waals surface area (Å²) in [5.41, 5.74) is 0.759. The van der Waals surface area contributed by atoms with Gasteiger partial charge in [0.05, 0.1) is 12.0 Å². The Kier molecular flexibility index (Phi) is 5.76. The molecular formula is C16H15ClO5S. The number of rotatable bonds is 6. The van der Waals surface area contributed by atoms with E-state index >= 15 is 0 Å². The molecule has 0 saturated carbocycles. The lowest BCUT2D eigenvalue weighted by Gasteiger charge is -2.15. The summed E-state index contributed by atoms with van der Waals surface area (Å²) in [5, 5.41) is 0.401. The Bertz CT molecular complexity index is 757. The van der Waals surface area contributed by atoms with E-state index < -0.39 is 22.2 Å². The van der Waals surface area contributed by atoms with Crippen LogP contribution in [0.3, 0.4) is 0 Å². The molecule has 0 amide bonds. The third-order valence-corrected chi connectivity index (χ3v) is 4.66. The quantitative estimate of drug-likeness (QED) is 0.589. The number of methoxy groups -OCH3 is 1. The smallest absolute Gasteiger partial charge is 0.336 e. The van der Waals surface area contributed by atoms with Gasteiger partial charge in [-0.25, -0.2) is 4.79 Å². The van der Waals surface area contributed by atoms with Gasteiger partial charge in [0, 0.05) is 11.4 Å². The van der Waals surface area contributed by atoms with Crippen molar-refractivity contribution in [1.29, 1.82) is 0 Å². The molecule has 0 aliphatic rings. The Morgan fingerprint density at radius 3 is 2.26 bits per heavy atom. The topological polar surface area (TPSA) is 69.7 Å². The minimum absolute atomic E-state index is 0.0798. The molecule has 0 fully saturated rings. The van der Waals surface area contributed by atoms with Crippen LogP contribution in [-0.2, 0) is 30.3 Å². The molecule has 23 heavy (non-hydrogen) atoms. The lowest BCUT2D eigenvalue weighted by Crippen LogP contribution is -2.30. The maximum Gasteiger partial charge on any atom is 0.336 e. The molecule has 2 aromatic carbocycles.